The normalized spacial score (nSPS) is 11.7. The third-order valence-corrected chi connectivity index (χ3v) is 1.26. The van der Waals surface area contributed by atoms with Crippen LogP contribution >= 0.6 is 0 Å². The van der Waals surface area contributed by atoms with Crippen LogP contribution in [0.25, 0.3) is 0 Å². The molecule has 0 aliphatic rings. The molecule has 0 N–H and O–H groups in total. The molecule has 0 bridgehead atoms. The molecule has 0 aliphatic heterocycles. The number of hydrogen-bond acceptors (Lipinski definition) is 1. The van der Waals surface area contributed by atoms with Crippen molar-refractivity contribution in [2.75, 3.05) is 0 Å². The van der Waals surface area contributed by atoms with Gasteiger partial charge in [-0.3, -0.25) is 4.79 Å². The minimum absolute atomic E-state index is 0.190. The Morgan fingerprint density at radius 3 is 2.40 bits per heavy atom. The molecule has 0 rings (SSSR count). The van der Waals surface area contributed by atoms with Crippen LogP contribution in [0.15, 0.2) is 5.57 Å². The molecule has 0 aromatic carbocycles. The largest absolute Gasteiger partial charge is 0.300 e. The second kappa shape index (κ2) is 5.21. The summed E-state index contributed by atoms with van der Waals surface area (Å²) in [6, 6.07) is 0. The highest BCUT2D eigenvalue weighted by atomic mass is 16.1. The third kappa shape index (κ3) is 5.54. The average molecular weight is 139 g/mol. The first-order chi connectivity index (χ1) is 4.66. The van der Waals surface area contributed by atoms with E-state index < -0.39 is 0 Å². The number of hydrogen-bond donors (Lipinski definition) is 0. The van der Waals surface area contributed by atoms with Crippen LogP contribution < -0.4 is 0 Å². The minimum Gasteiger partial charge on any atom is -0.300 e. The predicted octanol–water partition coefficient (Wildman–Crippen LogP) is 2.52. The first kappa shape index (κ1) is 9.41. The zero-order valence-corrected chi connectivity index (χ0v) is 7.03. The smallest absolute Gasteiger partial charge is 0.134 e. The van der Waals surface area contributed by atoms with Crippen LogP contribution in [0.1, 0.15) is 40.0 Å². The standard InChI is InChI=1S/C9H15O/c1-4-5-8(2)6-7-9(3)10/h4-5,7H2,1-3H3. The first-order valence-electron chi connectivity index (χ1n) is 3.72. The highest BCUT2D eigenvalue weighted by Crippen LogP contribution is 2.02. The Balaban J connectivity index is 3.57. The molecule has 57 valence electrons. The summed E-state index contributed by atoms with van der Waals surface area (Å²) in [6.07, 6.45) is 5.73. The van der Waals surface area contributed by atoms with E-state index in [0.717, 1.165) is 12.8 Å². The second-order valence-electron chi connectivity index (χ2n) is 2.59. The summed E-state index contributed by atoms with van der Waals surface area (Å²) in [6.45, 7) is 5.73. The molecule has 10 heavy (non-hydrogen) atoms. The third-order valence-electron chi connectivity index (χ3n) is 1.26. The zero-order chi connectivity index (χ0) is 7.98. The molecule has 0 amide bonds. The summed E-state index contributed by atoms with van der Waals surface area (Å²) in [5, 5.41) is 0. The van der Waals surface area contributed by atoms with Crippen molar-refractivity contribution in [2.45, 2.75) is 40.0 Å². The van der Waals surface area contributed by atoms with E-state index in [1.54, 1.807) is 6.92 Å². The van der Waals surface area contributed by atoms with Crippen LogP contribution in [0.5, 0.6) is 0 Å². The van der Waals surface area contributed by atoms with Gasteiger partial charge in [-0.25, -0.2) is 0 Å². The molecule has 0 spiro atoms. The van der Waals surface area contributed by atoms with Gasteiger partial charge in [0.25, 0.3) is 0 Å². The highest BCUT2D eigenvalue weighted by molar-refractivity contribution is 5.76. The number of allylic oxidation sites excluding steroid dienone is 2. The van der Waals surface area contributed by atoms with Gasteiger partial charge in [-0.2, -0.15) is 0 Å². The molecule has 0 heterocycles. The van der Waals surface area contributed by atoms with E-state index in [-0.39, 0.29) is 5.78 Å². The lowest BCUT2D eigenvalue weighted by atomic mass is 10.1. The fourth-order valence-electron chi connectivity index (χ4n) is 0.739. The van der Waals surface area contributed by atoms with Gasteiger partial charge in [0, 0.05) is 6.42 Å². The summed E-state index contributed by atoms with van der Waals surface area (Å²) < 4.78 is 0. The number of rotatable bonds is 4. The van der Waals surface area contributed by atoms with Gasteiger partial charge in [0.05, 0.1) is 0 Å². The fraction of sp³-hybridized carbons (Fsp3) is 0.667. The van der Waals surface area contributed by atoms with Crippen molar-refractivity contribution in [3.8, 4) is 0 Å². The molecular weight excluding hydrogens is 124 g/mol. The molecule has 1 radical (unpaired) electrons. The molecule has 0 aliphatic carbocycles. The maximum Gasteiger partial charge on any atom is 0.134 e. The maximum atomic E-state index is 10.5. The van der Waals surface area contributed by atoms with Crippen LogP contribution in [-0.2, 0) is 4.79 Å². The molecule has 1 nitrogen and oxygen atoms in total. The predicted molar refractivity (Wildman–Crippen MR) is 42.6 cm³/mol. The molecule has 0 fully saturated rings. The average Bonchev–Trinajstić information content (AvgIpc) is 1.85. The minimum atomic E-state index is 0.190. The van der Waals surface area contributed by atoms with E-state index in [1.165, 1.54) is 5.57 Å². The Morgan fingerprint density at radius 1 is 1.40 bits per heavy atom. The summed E-state index contributed by atoms with van der Waals surface area (Å²) >= 11 is 0. The molecule has 0 unspecified atom stereocenters. The van der Waals surface area contributed by atoms with E-state index >= 15 is 0 Å². The molecule has 0 aromatic heterocycles. The lowest BCUT2D eigenvalue weighted by molar-refractivity contribution is -0.116. The van der Waals surface area contributed by atoms with Gasteiger partial charge in [0.2, 0.25) is 0 Å². The van der Waals surface area contributed by atoms with E-state index in [0.29, 0.717) is 6.42 Å². The molecule has 0 saturated heterocycles. The van der Waals surface area contributed by atoms with E-state index in [9.17, 15) is 4.79 Å². The maximum absolute atomic E-state index is 10.5. The number of Topliss-reactive ketones (excluding diaryl/α,β-unsaturated/α-hetero) is 1. The Hall–Kier alpha value is -0.590. The highest BCUT2D eigenvalue weighted by Gasteiger charge is 1.90. The number of carbonyl (C=O) groups excluding carboxylic acids is 1. The van der Waals surface area contributed by atoms with Gasteiger partial charge < -0.3 is 0 Å². The Labute approximate surface area is 63.1 Å². The lowest BCUT2D eigenvalue weighted by Crippen LogP contribution is -1.87. The van der Waals surface area contributed by atoms with Gasteiger partial charge in [-0.05, 0) is 26.3 Å². The summed E-state index contributed by atoms with van der Waals surface area (Å²) in [4.78, 5) is 10.5. The Bertz CT molecular complexity index is 134. The van der Waals surface area contributed by atoms with Gasteiger partial charge >= 0.3 is 0 Å². The van der Waals surface area contributed by atoms with Crippen molar-refractivity contribution in [3.05, 3.63) is 11.6 Å². The Kier molecular flexibility index (Phi) is 4.91. The van der Waals surface area contributed by atoms with Crippen molar-refractivity contribution in [1.29, 1.82) is 0 Å². The first-order valence-corrected chi connectivity index (χ1v) is 3.72. The summed E-state index contributed by atoms with van der Waals surface area (Å²) in [5.41, 5.74) is 1.21. The second-order valence-corrected chi connectivity index (χ2v) is 2.59. The van der Waals surface area contributed by atoms with Crippen LogP contribution in [0.3, 0.4) is 0 Å². The fourth-order valence-corrected chi connectivity index (χ4v) is 0.739. The van der Waals surface area contributed by atoms with Crippen LogP contribution in [-0.4, -0.2) is 5.78 Å². The van der Waals surface area contributed by atoms with Gasteiger partial charge in [0.15, 0.2) is 0 Å². The Morgan fingerprint density at radius 2 is 2.00 bits per heavy atom. The van der Waals surface area contributed by atoms with Crippen molar-refractivity contribution >= 4 is 5.78 Å². The molecule has 1 heteroatoms. The van der Waals surface area contributed by atoms with Crippen molar-refractivity contribution < 1.29 is 4.79 Å². The summed E-state index contributed by atoms with van der Waals surface area (Å²) in [7, 11) is 0. The number of carbonyl (C=O) groups is 1. The quantitative estimate of drug-likeness (QED) is 0.585. The van der Waals surface area contributed by atoms with Gasteiger partial charge in [-0.15, -0.1) is 0 Å². The molecule has 0 atom stereocenters. The lowest BCUT2D eigenvalue weighted by Gasteiger charge is -1.94. The van der Waals surface area contributed by atoms with Gasteiger partial charge in [-0.1, -0.05) is 18.9 Å². The van der Waals surface area contributed by atoms with Crippen LogP contribution in [0.2, 0.25) is 0 Å². The van der Waals surface area contributed by atoms with Crippen LogP contribution in [0.4, 0.5) is 0 Å². The summed E-state index contributed by atoms with van der Waals surface area (Å²) in [5.74, 6) is 0.190. The molecule has 0 saturated carbocycles. The SMILES string of the molecule is CCCC(C)=[C]CC(C)=O. The molecule has 0 aromatic rings. The van der Waals surface area contributed by atoms with Crippen molar-refractivity contribution in [2.24, 2.45) is 0 Å². The number of ketones is 1. The van der Waals surface area contributed by atoms with E-state index in [2.05, 4.69) is 13.0 Å². The van der Waals surface area contributed by atoms with E-state index in [4.69, 9.17) is 0 Å². The van der Waals surface area contributed by atoms with Crippen molar-refractivity contribution in [1.82, 2.24) is 0 Å². The van der Waals surface area contributed by atoms with E-state index in [1.807, 2.05) is 6.92 Å². The zero-order valence-electron chi connectivity index (χ0n) is 7.03. The van der Waals surface area contributed by atoms with Gasteiger partial charge in [0.1, 0.15) is 5.78 Å². The topological polar surface area (TPSA) is 17.1 Å². The van der Waals surface area contributed by atoms with Crippen molar-refractivity contribution in [3.63, 3.8) is 0 Å². The molecular formula is C9H15O. The van der Waals surface area contributed by atoms with Crippen LogP contribution in [0, 0.1) is 6.08 Å². The monoisotopic (exact) mass is 139 g/mol.